The van der Waals surface area contributed by atoms with Crippen LogP contribution in [0.4, 0.5) is 5.82 Å². The van der Waals surface area contributed by atoms with Crippen LogP contribution in [0.25, 0.3) is 5.82 Å². The fourth-order valence-electron chi connectivity index (χ4n) is 3.37. The Hall–Kier alpha value is -3.07. The van der Waals surface area contributed by atoms with E-state index < -0.39 is 0 Å². The maximum absolute atomic E-state index is 12.3. The maximum atomic E-state index is 12.3. The lowest BCUT2D eigenvalue weighted by Gasteiger charge is -2.26. The van der Waals surface area contributed by atoms with Gasteiger partial charge in [-0.3, -0.25) is 9.36 Å². The first-order valence-electron chi connectivity index (χ1n) is 8.88. The molecule has 1 unspecified atom stereocenters. The van der Waals surface area contributed by atoms with E-state index in [4.69, 9.17) is 4.74 Å². The lowest BCUT2D eigenvalue weighted by atomic mass is 10.2. The van der Waals surface area contributed by atoms with Crippen molar-refractivity contribution in [1.29, 1.82) is 0 Å². The predicted molar refractivity (Wildman–Crippen MR) is 98.7 cm³/mol. The standard InChI is InChI=1S/C18H21N7O2/c1-27-12-15-20-7-6-16(21-15)24-9-2-3-14(24)11-25-18(26)5-4-17(22-25)23-10-8-19-13-23/h4-8,10,13-14H,2-3,9,11-12H2,1H3. The van der Waals surface area contributed by atoms with Crippen LogP contribution in [0.15, 0.2) is 47.9 Å². The number of methoxy groups -OCH3 is 1. The molecule has 1 aliphatic heterocycles. The summed E-state index contributed by atoms with van der Waals surface area (Å²) in [5, 5.41) is 4.50. The van der Waals surface area contributed by atoms with Crippen LogP contribution in [0.5, 0.6) is 0 Å². The molecule has 0 amide bonds. The van der Waals surface area contributed by atoms with Gasteiger partial charge in [0.1, 0.15) is 18.8 Å². The lowest BCUT2D eigenvalue weighted by Crippen LogP contribution is -2.37. The molecule has 9 heteroatoms. The zero-order valence-corrected chi connectivity index (χ0v) is 15.1. The normalized spacial score (nSPS) is 16.8. The monoisotopic (exact) mass is 367 g/mol. The number of ether oxygens (including phenoxy) is 1. The van der Waals surface area contributed by atoms with Crippen LogP contribution in [0.2, 0.25) is 0 Å². The van der Waals surface area contributed by atoms with Crippen LogP contribution >= 0.6 is 0 Å². The summed E-state index contributed by atoms with van der Waals surface area (Å²) in [4.78, 5) is 27.4. The van der Waals surface area contributed by atoms with Crippen LogP contribution in [0.1, 0.15) is 18.7 Å². The lowest BCUT2D eigenvalue weighted by molar-refractivity contribution is 0.178. The molecule has 0 spiro atoms. The zero-order chi connectivity index (χ0) is 18.6. The molecule has 1 atom stereocenters. The number of imidazole rings is 1. The molecule has 4 rings (SSSR count). The SMILES string of the molecule is COCc1nccc(N2CCCC2Cn2nc(-n3ccnc3)ccc2=O)n1. The second-order valence-corrected chi connectivity index (χ2v) is 6.44. The van der Waals surface area contributed by atoms with Crippen molar-refractivity contribution in [2.45, 2.75) is 32.0 Å². The third-order valence-corrected chi connectivity index (χ3v) is 4.64. The van der Waals surface area contributed by atoms with Crippen molar-refractivity contribution in [2.24, 2.45) is 0 Å². The Morgan fingerprint density at radius 1 is 1.22 bits per heavy atom. The predicted octanol–water partition coefficient (Wildman–Crippen LogP) is 1.03. The van der Waals surface area contributed by atoms with Crippen LogP contribution < -0.4 is 10.5 Å². The van der Waals surface area contributed by atoms with Crippen molar-refractivity contribution in [2.75, 3.05) is 18.6 Å². The molecule has 1 fully saturated rings. The van der Waals surface area contributed by atoms with Gasteiger partial charge in [-0.25, -0.2) is 19.6 Å². The summed E-state index contributed by atoms with van der Waals surface area (Å²) in [5.74, 6) is 2.18. The van der Waals surface area contributed by atoms with Crippen LogP contribution in [-0.2, 0) is 17.9 Å². The number of aromatic nitrogens is 6. The number of nitrogens with zero attached hydrogens (tertiary/aromatic N) is 7. The Morgan fingerprint density at radius 3 is 2.96 bits per heavy atom. The second-order valence-electron chi connectivity index (χ2n) is 6.44. The first-order valence-corrected chi connectivity index (χ1v) is 8.88. The van der Waals surface area contributed by atoms with Gasteiger partial charge in [-0.1, -0.05) is 0 Å². The van der Waals surface area contributed by atoms with E-state index in [-0.39, 0.29) is 11.6 Å². The molecule has 9 nitrogen and oxygen atoms in total. The van der Waals surface area contributed by atoms with E-state index in [9.17, 15) is 4.79 Å². The Morgan fingerprint density at radius 2 is 2.15 bits per heavy atom. The van der Waals surface area contributed by atoms with Gasteiger partial charge in [-0.15, -0.1) is 0 Å². The molecule has 0 bridgehead atoms. The highest BCUT2D eigenvalue weighted by Gasteiger charge is 2.27. The van der Waals surface area contributed by atoms with E-state index in [1.165, 1.54) is 4.68 Å². The minimum atomic E-state index is -0.117. The molecular formula is C18H21N7O2. The van der Waals surface area contributed by atoms with Crippen molar-refractivity contribution in [3.8, 4) is 5.82 Å². The maximum Gasteiger partial charge on any atom is 0.266 e. The zero-order valence-electron chi connectivity index (χ0n) is 15.1. The summed E-state index contributed by atoms with van der Waals surface area (Å²) in [6, 6.07) is 5.30. The van der Waals surface area contributed by atoms with Gasteiger partial charge in [0.2, 0.25) is 0 Å². The van der Waals surface area contributed by atoms with E-state index in [1.54, 1.807) is 48.7 Å². The van der Waals surface area contributed by atoms with Gasteiger partial charge in [0.15, 0.2) is 11.6 Å². The first kappa shape index (κ1) is 17.3. The van der Waals surface area contributed by atoms with E-state index >= 15 is 0 Å². The molecule has 3 aromatic heterocycles. The molecule has 0 aromatic carbocycles. The van der Waals surface area contributed by atoms with Gasteiger partial charge < -0.3 is 9.64 Å². The number of hydrogen-bond donors (Lipinski definition) is 0. The van der Waals surface area contributed by atoms with Crippen LogP contribution in [-0.4, -0.2) is 49.0 Å². The molecule has 0 aliphatic carbocycles. The van der Waals surface area contributed by atoms with Crippen LogP contribution in [0, 0.1) is 0 Å². The van der Waals surface area contributed by atoms with Crippen LogP contribution in [0.3, 0.4) is 0 Å². The largest absolute Gasteiger partial charge is 0.377 e. The fraction of sp³-hybridized carbons (Fsp3) is 0.389. The van der Waals surface area contributed by atoms with Crippen molar-refractivity contribution >= 4 is 5.82 Å². The average Bonchev–Trinajstić information content (AvgIpc) is 3.36. The van der Waals surface area contributed by atoms with E-state index in [0.717, 1.165) is 25.2 Å². The van der Waals surface area contributed by atoms with Gasteiger partial charge in [-0.2, -0.15) is 5.10 Å². The summed E-state index contributed by atoms with van der Waals surface area (Å²) >= 11 is 0. The third kappa shape index (κ3) is 3.72. The molecule has 0 saturated carbocycles. The number of hydrogen-bond acceptors (Lipinski definition) is 7. The smallest absolute Gasteiger partial charge is 0.266 e. The van der Waals surface area contributed by atoms with Gasteiger partial charge in [0, 0.05) is 38.3 Å². The molecule has 3 aromatic rings. The van der Waals surface area contributed by atoms with Gasteiger partial charge in [0.05, 0.1) is 12.6 Å². The molecule has 4 heterocycles. The molecule has 1 saturated heterocycles. The van der Waals surface area contributed by atoms with Gasteiger partial charge in [-0.05, 0) is 25.0 Å². The van der Waals surface area contributed by atoms with E-state index in [2.05, 4.69) is 25.0 Å². The van der Waals surface area contributed by atoms with Gasteiger partial charge >= 0.3 is 0 Å². The highest BCUT2D eigenvalue weighted by atomic mass is 16.5. The van der Waals surface area contributed by atoms with Gasteiger partial charge in [0.25, 0.3) is 5.56 Å². The summed E-state index contributed by atoms with van der Waals surface area (Å²) < 4.78 is 8.43. The Bertz CT molecular complexity index is 954. The summed E-state index contributed by atoms with van der Waals surface area (Å²) in [7, 11) is 1.63. The molecule has 140 valence electrons. The molecule has 27 heavy (non-hydrogen) atoms. The molecular weight excluding hydrogens is 346 g/mol. The van der Waals surface area contributed by atoms with E-state index in [1.807, 2.05) is 6.07 Å². The highest BCUT2D eigenvalue weighted by Crippen LogP contribution is 2.24. The highest BCUT2D eigenvalue weighted by molar-refractivity contribution is 5.40. The third-order valence-electron chi connectivity index (χ3n) is 4.64. The van der Waals surface area contributed by atoms with Crippen molar-refractivity contribution in [3.63, 3.8) is 0 Å². The molecule has 0 radical (unpaired) electrons. The molecule has 0 N–H and O–H groups in total. The topological polar surface area (TPSA) is 91.0 Å². The number of anilines is 1. The Labute approximate surface area is 156 Å². The first-order chi connectivity index (χ1) is 13.2. The summed E-state index contributed by atoms with van der Waals surface area (Å²) in [6.45, 7) is 1.77. The quantitative estimate of drug-likeness (QED) is 0.643. The summed E-state index contributed by atoms with van der Waals surface area (Å²) in [6.07, 6.45) is 8.92. The summed E-state index contributed by atoms with van der Waals surface area (Å²) in [5.41, 5.74) is -0.117. The number of rotatable bonds is 6. The Kier molecular flexibility index (Phi) is 4.93. The van der Waals surface area contributed by atoms with E-state index in [0.29, 0.717) is 24.8 Å². The Balaban J connectivity index is 1.58. The minimum Gasteiger partial charge on any atom is -0.377 e. The minimum absolute atomic E-state index is 0.117. The van der Waals surface area contributed by atoms with Crippen molar-refractivity contribution in [3.05, 3.63) is 59.3 Å². The van der Waals surface area contributed by atoms with Crippen molar-refractivity contribution in [1.82, 2.24) is 29.3 Å². The molecule has 1 aliphatic rings. The average molecular weight is 367 g/mol. The van der Waals surface area contributed by atoms with Crippen molar-refractivity contribution < 1.29 is 4.74 Å². The second kappa shape index (κ2) is 7.67. The fourth-order valence-corrected chi connectivity index (χ4v) is 3.37.